The van der Waals surface area contributed by atoms with Gasteiger partial charge in [-0.1, -0.05) is 51.8 Å². The van der Waals surface area contributed by atoms with Crippen molar-refractivity contribution in [1.82, 2.24) is 0 Å². The number of halogens is 1. The van der Waals surface area contributed by atoms with Crippen LogP contribution in [0.5, 0.6) is 5.75 Å². The summed E-state index contributed by atoms with van der Waals surface area (Å²) in [6, 6.07) is 22.7. The van der Waals surface area contributed by atoms with Gasteiger partial charge in [-0.3, -0.25) is 4.79 Å². The molecule has 30 heavy (non-hydrogen) atoms. The van der Waals surface area contributed by atoms with Crippen LogP contribution in [0.3, 0.4) is 0 Å². The standard InChI is InChI=1S/C24H17BrN2O3/c1-16-7-9-17(10-8-16)24(29)30-22-12-11-20(25)14-18(22)13-19(15-26)23(28)27-21-5-3-2-4-6-21/h2-14H,1H3,(H,27,28)/b19-13+. The molecule has 0 saturated carbocycles. The maximum Gasteiger partial charge on any atom is 0.343 e. The van der Waals surface area contributed by atoms with Gasteiger partial charge in [0.15, 0.2) is 0 Å². The molecular formula is C24H17BrN2O3. The molecule has 0 aliphatic carbocycles. The Labute approximate surface area is 182 Å². The molecule has 0 aliphatic rings. The van der Waals surface area contributed by atoms with Crippen LogP contribution in [-0.2, 0) is 4.79 Å². The maximum atomic E-state index is 12.5. The first kappa shape index (κ1) is 21.0. The molecule has 0 fully saturated rings. The number of nitriles is 1. The van der Waals surface area contributed by atoms with Gasteiger partial charge in [-0.05, 0) is 55.5 Å². The number of benzene rings is 3. The molecule has 3 rings (SSSR count). The molecule has 0 unspecified atom stereocenters. The Morgan fingerprint density at radius 2 is 1.73 bits per heavy atom. The van der Waals surface area contributed by atoms with Crippen molar-refractivity contribution >= 4 is 39.6 Å². The molecule has 6 heteroatoms. The number of carbonyl (C=O) groups is 2. The number of para-hydroxylation sites is 1. The van der Waals surface area contributed by atoms with Crippen LogP contribution in [0, 0.1) is 18.3 Å². The van der Waals surface area contributed by atoms with Crippen molar-refractivity contribution in [2.24, 2.45) is 0 Å². The Morgan fingerprint density at radius 3 is 2.40 bits per heavy atom. The van der Waals surface area contributed by atoms with Crippen molar-refractivity contribution in [3.05, 3.63) is 99.5 Å². The van der Waals surface area contributed by atoms with Gasteiger partial charge in [-0.15, -0.1) is 0 Å². The van der Waals surface area contributed by atoms with Crippen LogP contribution in [0.1, 0.15) is 21.5 Å². The number of aryl methyl sites for hydroxylation is 1. The summed E-state index contributed by atoms with van der Waals surface area (Å²) >= 11 is 3.36. The lowest BCUT2D eigenvalue weighted by atomic mass is 10.1. The van der Waals surface area contributed by atoms with Crippen molar-refractivity contribution in [2.75, 3.05) is 5.32 Å². The van der Waals surface area contributed by atoms with Crippen LogP contribution >= 0.6 is 15.9 Å². The Kier molecular flexibility index (Phi) is 6.79. The first-order valence-electron chi connectivity index (χ1n) is 9.03. The number of amides is 1. The molecule has 5 nitrogen and oxygen atoms in total. The molecule has 3 aromatic carbocycles. The van der Waals surface area contributed by atoms with Crippen LogP contribution in [-0.4, -0.2) is 11.9 Å². The lowest BCUT2D eigenvalue weighted by Crippen LogP contribution is -2.13. The Bertz CT molecular complexity index is 1150. The first-order chi connectivity index (χ1) is 14.5. The zero-order valence-corrected chi connectivity index (χ0v) is 17.6. The van der Waals surface area contributed by atoms with Crippen molar-refractivity contribution in [3.63, 3.8) is 0 Å². The second kappa shape index (κ2) is 9.68. The van der Waals surface area contributed by atoms with E-state index in [1.807, 2.05) is 31.2 Å². The van der Waals surface area contributed by atoms with Crippen molar-refractivity contribution in [3.8, 4) is 11.8 Å². The molecule has 0 aromatic heterocycles. The third-order valence-corrected chi connectivity index (χ3v) is 4.65. The highest BCUT2D eigenvalue weighted by Gasteiger charge is 2.15. The minimum atomic E-state index is -0.556. The summed E-state index contributed by atoms with van der Waals surface area (Å²) in [7, 11) is 0. The van der Waals surface area contributed by atoms with Gasteiger partial charge in [0.05, 0.1) is 5.56 Å². The molecule has 148 valence electrons. The second-order valence-electron chi connectivity index (χ2n) is 6.43. The summed E-state index contributed by atoms with van der Waals surface area (Å²) in [5.74, 6) is -0.845. The van der Waals surface area contributed by atoms with Crippen molar-refractivity contribution in [2.45, 2.75) is 6.92 Å². The zero-order valence-electron chi connectivity index (χ0n) is 16.1. The molecule has 0 bridgehead atoms. The number of nitrogens with zero attached hydrogens (tertiary/aromatic N) is 1. The fraction of sp³-hybridized carbons (Fsp3) is 0.0417. The SMILES string of the molecule is Cc1ccc(C(=O)Oc2ccc(Br)cc2/C=C(\C#N)C(=O)Nc2ccccc2)cc1. The number of rotatable bonds is 5. The van der Waals surface area contributed by atoms with E-state index in [1.54, 1.807) is 54.6 Å². The summed E-state index contributed by atoms with van der Waals surface area (Å²) < 4.78 is 6.24. The summed E-state index contributed by atoms with van der Waals surface area (Å²) in [6.45, 7) is 1.93. The predicted octanol–water partition coefficient (Wildman–Crippen LogP) is 5.52. The molecule has 1 amide bonds. The molecule has 1 N–H and O–H groups in total. The predicted molar refractivity (Wildman–Crippen MR) is 119 cm³/mol. The van der Waals surface area contributed by atoms with E-state index in [-0.39, 0.29) is 11.3 Å². The third kappa shape index (κ3) is 5.43. The molecule has 0 aliphatic heterocycles. The van der Waals surface area contributed by atoms with Crippen molar-refractivity contribution in [1.29, 1.82) is 5.26 Å². The average molecular weight is 461 g/mol. The molecule has 0 atom stereocenters. The quantitative estimate of drug-likeness (QED) is 0.235. The smallest absolute Gasteiger partial charge is 0.343 e. The molecule has 0 saturated heterocycles. The molecule has 0 radical (unpaired) electrons. The maximum absolute atomic E-state index is 12.5. The monoisotopic (exact) mass is 460 g/mol. The number of ether oxygens (including phenoxy) is 1. The largest absolute Gasteiger partial charge is 0.422 e. The lowest BCUT2D eigenvalue weighted by molar-refractivity contribution is -0.112. The minimum absolute atomic E-state index is 0.121. The van der Waals surface area contributed by atoms with E-state index < -0.39 is 11.9 Å². The van der Waals surface area contributed by atoms with E-state index in [1.165, 1.54) is 6.08 Å². The van der Waals surface area contributed by atoms with Crippen LogP contribution in [0.15, 0.2) is 82.8 Å². The minimum Gasteiger partial charge on any atom is -0.422 e. The van der Waals surface area contributed by atoms with E-state index in [2.05, 4.69) is 21.2 Å². The van der Waals surface area contributed by atoms with Gasteiger partial charge in [0, 0.05) is 15.7 Å². The Morgan fingerprint density at radius 1 is 1.03 bits per heavy atom. The number of hydrogen-bond acceptors (Lipinski definition) is 4. The first-order valence-corrected chi connectivity index (χ1v) is 9.82. The third-order valence-electron chi connectivity index (χ3n) is 4.16. The number of anilines is 1. The van der Waals surface area contributed by atoms with Crippen LogP contribution < -0.4 is 10.1 Å². The van der Waals surface area contributed by atoms with E-state index >= 15 is 0 Å². The number of hydrogen-bond donors (Lipinski definition) is 1. The number of carbonyl (C=O) groups excluding carboxylic acids is 2. The Hall–Kier alpha value is -3.69. The summed E-state index contributed by atoms with van der Waals surface area (Å²) in [5, 5.41) is 12.2. The number of esters is 1. The highest BCUT2D eigenvalue weighted by atomic mass is 79.9. The van der Waals surface area contributed by atoms with Crippen LogP contribution in [0.2, 0.25) is 0 Å². The van der Waals surface area contributed by atoms with Gasteiger partial charge in [-0.25, -0.2) is 4.79 Å². The number of nitrogens with one attached hydrogen (secondary N) is 1. The van der Waals surface area contributed by atoms with Gasteiger partial charge in [0.1, 0.15) is 17.4 Å². The van der Waals surface area contributed by atoms with Crippen LogP contribution in [0.25, 0.3) is 6.08 Å². The van der Waals surface area contributed by atoms with Gasteiger partial charge in [0.25, 0.3) is 5.91 Å². The van der Waals surface area contributed by atoms with E-state index in [0.29, 0.717) is 21.3 Å². The molecular weight excluding hydrogens is 444 g/mol. The van der Waals surface area contributed by atoms with Crippen molar-refractivity contribution < 1.29 is 14.3 Å². The highest BCUT2D eigenvalue weighted by molar-refractivity contribution is 9.10. The van der Waals surface area contributed by atoms with Crippen LogP contribution in [0.4, 0.5) is 5.69 Å². The summed E-state index contributed by atoms with van der Waals surface area (Å²) in [6.07, 6.45) is 1.39. The fourth-order valence-corrected chi connectivity index (χ4v) is 2.98. The molecule has 0 spiro atoms. The van der Waals surface area contributed by atoms with E-state index in [0.717, 1.165) is 5.56 Å². The second-order valence-corrected chi connectivity index (χ2v) is 7.34. The summed E-state index contributed by atoms with van der Waals surface area (Å²) in [5.41, 5.74) is 2.31. The van der Waals surface area contributed by atoms with E-state index in [9.17, 15) is 14.9 Å². The van der Waals surface area contributed by atoms with Gasteiger partial charge in [0.2, 0.25) is 0 Å². The van der Waals surface area contributed by atoms with Gasteiger partial charge < -0.3 is 10.1 Å². The fourth-order valence-electron chi connectivity index (χ4n) is 2.60. The molecule has 3 aromatic rings. The highest BCUT2D eigenvalue weighted by Crippen LogP contribution is 2.27. The Balaban J connectivity index is 1.88. The summed E-state index contributed by atoms with van der Waals surface area (Å²) in [4.78, 5) is 25.0. The molecule has 0 heterocycles. The average Bonchev–Trinajstić information content (AvgIpc) is 2.74. The zero-order chi connectivity index (χ0) is 21.5. The normalized spacial score (nSPS) is 10.8. The van der Waals surface area contributed by atoms with Gasteiger partial charge >= 0.3 is 5.97 Å². The van der Waals surface area contributed by atoms with E-state index in [4.69, 9.17) is 4.74 Å². The van der Waals surface area contributed by atoms with Gasteiger partial charge in [-0.2, -0.15) is 5.26 Å². The topological polar surface area (TPSA) is 79.2 Å². The lowest BCUT2D eigenvalue weighted by Gasteiger charge is -2.09.